The number of hydrogen-bond donors (Lipinski definition) is 1. The minimum absolute atomic E-state index is 0.533. The van der Waals surface area contributed by atoms with Crippen LogP contribution < -0.4 is 19.5 Å². The average molecular weight is 384 g/mol. The number of ether oxygens (including phenoxy) is 3. The first-order chi connectivity index (χ1) is 12.1. The molecule has 0 heterocycles. The third-order valence-corrected chi connectivity index (χ3v) is 4.23. The average Bonchev–Trinajstić information content (AvgIpc) is 2.61. The Kier molecular flexibility index (Phi) is 7.69. The second-order valence-electron chi connectivity index (χ2n) is 5.42. The zero-order valence-electron chi connectivity index (χ0n) is 14.7. The SMILES string of the molecule is CCOc1c(Cl)cc(Cl)cc1CNCCc1ccc(OC)c(OC)c1. The van der Waals surface area contributed by atoms with Crippen molar-refractivity contribution in [3.63, 3.8) is 0 Å². The van der Waals surface area contributed by atoms with E-state index in [2.05, 4.69) is 5.32 Å². The van der Waals surface area contributed by atoms with E-state index in [4.69, 9.17) is 37.4 Å². The largest absolute Gasteiger partial charge is 0.493 e. The monoisotopic (exact) mass is 383 g/mol. The molecule has 0 spiro atoms. The number of rotatable bonds is 9. The second-order valence-corrected chi connectivity index (χ2v) is 6.27. The van der Waals surface area contributed by atoms with Gasteiger partial charge in [0.1, 0.15) is 5.75 Å². The maximum Gasteiger partial charge on any atom is 0.160 e. The third kappa shape index (κ3) is 5.43. The molecular weight excluding hydrogens is 361 g/mol. The van der Waals surface area contributed by atoms with Crippen LogP contribution in [-0.2, 0) is 13.0 Å². The van der Waals surface area contributed by atoms with Gasteiger partial charge in [0.15, 0.2) is 11.5 Å². The molecule has 0 unspecified atom stereocenters. The van der Waals surface area contributed by atoms with Crippen molar-refractivity contribution in [2.75, 3.05) is 27.4 Å². The van der Waals surface area contributed by atoms with Crippen LogP contribution in [0, 0.1) is 0 Å². The fourth-order valence-corrected chi connectivity index (χ4v) is 3.13. The summed E-state index contributed by atoms with van der Waals surface area (Å²) in [7, 11) is 3.27. The van der Waals surface area contributed by atoms with Crippen molar-refractivity contribution in [1.82, 2.24) is 5.32 Å². The summed E-state index contributed by atoms with van der Waals surface area (Å²) in [6, 6.07) is 9.51. The summed E-state index contributed by atoms with van der Waals surface area (Å²) in [6.45, 7) is 3.91. The molecule has 136 valence electrons. The standard InChI is InChI=1S/C19H23Cl2NO3/c1-4-25-19-14(10-15(20)11-16(19)21)12-22-8-7-13-5-6-17(23-2)18(9-13)24-3/h5-6,9-11,22H,4,7-8,12H2,1-3H3. The van der Waals surface area contributed by atoms with Crippen LogP contribution in [0.2, 0.25) is 10.0 Å². The lowest BCUT2D eigenvalue weighted by molar-refractivity contribution is 0.335. The summed E-state index contributed by atoms with van der Waals surface area (Å²) in [5, 5.41) is 4.54. The molecule has 0 saturated heterocycles. The molecule has 0 aliphatic heterocycles. The lowest BCUT2D eigenvalue weighted by Crippen LogP contribution is -2.17. The van der Waals surface area contributed by atoms with Crippen molar-refractivity contribution in [1.29, 1.82) is 0 Å². The van der Waals surface area contributed by atoms with Crippen molar-refractivity contribution in [2.24, 2.45) is 0 Å². The molecular formula is C19H23Cl2NO3. The predicted octanol–water partition coefficient (Wildman–Crippen LogP) is 4.74. The highest BCUT2D eigenvalue weighted by Crippen LogP contribution is 2.32. The van der Waals surface area contributed by atoms with E-state index in [9.17, 15) is 0 Å². The first kappa shape index (κ1) is 19.7. The van der Waals surface area contributed by atoms with Crippen LogP contribution in [0.5, 0.6) is 17.2 Å². The van der Waals surface area contributed by atoms with Crippen molar-refractivity contribution < 1.29 is 14.2 Å². The van der Waals surface area contributed by atoms with Crippen molar-refractivity contribution in [3.05, 3.63) is 51.5 Å². The minimum Gasteiger partial charge on any atom is -0.493 e. The van der Waals surface area contributed by atoms with Gasteiger partial charge in [-0.05, 0) is 49.7 Å². The Labute approximate surface area is 159 Å². The van der Waals surface area contributed by atoms with Gasteiger partial charge in [-0.2, -0.15) is 0 Å². The quantitative estimate of drug-likeness (QED) is 0.634. The minimum atomic E-state index is 0.533. The van der Waals surface area contributed by atoms with Gasteiger partial charge in [-0.1, -0.05) is 29.3 Å². The van der Waals surface area contributed by atoms with Crippen LogP contribution in [0.4, 0.5) is 0 Å². The molecule has 0 aromatic heterocycles. The van der Waals surface area contributed by atoms with Crippen LogP contribution >= 0.6 is 23.2 Å². The number of halogens is 2. The Bertz CT molecular complexity index is 707. The van der Waals surface area contributed by atoms with Crippen LogP contribution in [0.1, 0.15) is 18.1 Å². The van der Waals surface area contributed by atoms with Crippen molar-refractivity contribution in [2.45, 2.75) is 19.9 Å². The van der Waals surface area contributed by atoms with Gasteiger partial charge >= 0.3 is 0 Å². The summed E-state index contributed by atoms with van der Waals surface area (Å²) in [5.74, 6) is 2.15. The van der Waals surface area contributed by atoms with Gasteiger partial charge in [-0.15, -0.1) is 0 Å². The summed E-state index contributed by atoms with van der Waals surface area (Å²) in [4.78, 5) is 0. The van der Waals surface area contributed by atoms with Gasteiger partial charge in [0.2, 0.25) is 0 Å². The van der Waals surface area contributed by atoms with Gasteiger partial charge in [0, 0.05) is 17.1 Å². The molecule has 0 radical (unpaired) electrons. The van der Waals surface area contributed by atoms with Gasteiger partial charge in [0.25, 0.3) is 0 Å². The molecule has 2 rings (SSSR count). The van der Waals surface area contributed by atoms with Crippen LogP contribution in [0.15, 0.2) is 30.3 Å². The molecule has 25 heavy (non-hydrogen) atoms. The highest BCUT2D eigenvalue weighted by atomic mass is 35.5. The summed E-state index contributed by atoms with van der Waals surface area (Å²) in [6.07, 6.45) is 0.860. The molecule has 4 nitrogen and oxygen atoms in total. The van der Waals surface area contributed by atoms with E-state index in [1.165, 1.54) is 5.56 Å². The highest BCUT2D eigenvalue weighted by Gasteiger charge is 2.10. The Morgan fingerprint density at radius 2 is 1.76 bits per heavy atom. The highest BCUT2D eigenvalue weighted by molar-refractivity contribution is 6.35. The van der Waals surface area contributed by atoms with E-state index in [1.54, 1.807) is 20.3 Å². The molecule has 0 saturated carbocycles. The lowest BCUT2D eigenvalue weighted by Gasteiger charge is -2.14. The number of hydrogen-bond acceptors (Lipinski definition) is 4. The van der Waals surface area contributed by atoms with Gasteiger partial charge in [0.05, 0.1) is 25.8 Å². The fourth-order valence-electron chi connectivity index (χ4n) is 2.54. The molecule has 0 bridgehead atoms. The van der Waals surface area contributed by atoms with Gasteiger partial charge in [-0.3, -0.25) is 0 Å². The van der Waals surface area contributed by atoms with Crippen LogP contribution in [0.3, 0.4) is 0 Å². The lowest BCUT2D eigenvalue weighted by atomic mass is 10.1. The summed E-state index contributed by atoms with van der Waals surface area (Å²) < 4.78 is 16.2. The zero-order chi connectivity index (χ0) is 18.2. The molecule has 2 aromatic carbocycles. The fraction of sp³-hybridized carbons (Fsp3) is 0.368. The third-order valence-electron chi connectivity index (χ3n) is 3.73. The Hall–Kier alpha value is -1.62. The molecule has 1 N–H and O–H groups in total. The molecule has 0 aliphatic rings. The predicted molar refractivity (Wildman–Crippen MR) is 103 cm³/mol. The topological polar surface area (TPSA) is 39.7 Å². The number of methoxy groups -OCH3 is 2. The smallest absolute Gasteiger partial charge is 0.160 e. The molecule has 0 fully saturated rings. The number of nitrogens with one attached hydrogen (secondary N) is 1. The van der Waals surface area contributed by atoms with Crippen LogP contribution in [0.25, 0.3) is 0 Å². The number of benzene rings is 2. The van der Waals surface area contributed by atoms with E-state index in [1.807, 2.05) is 31.2 Å². The molecule has 6 heteroatoms. The Balaban J connectivity index is 1.95. The first-order valence-electron chi connectivity index (χ1n) is 8.11. The maximum atomic E-state index is 6.22. The molecule has 2 aromatic rings. The van der Waals surface area contributed by atoms with E-state index < -0.39 is 0 Å². The maximum absolute atomic E-state index is 6.22. The molecule has 0 atom stereocenters. The normalized spacial score (nSPS) is 10.6. The van der Waals surface area contributed by atoms with Crippen molar-refractivity contribution >= 4 is 23.2 Å². The Morgan fingerprint density at radius 1 is 1.00 bits per heavy atom. The van der Waals surface area contributed by atoms with E-state index in [0.29, 0.717) is 28.9 Å². The second kappa shape index (κ2) is 9.76. The zero-order valence-corrected chi connectivity index (χ0v) is 16.2. The molecule has 0 amide bonds. The van der Waals surface area contributed by atoms with E-state index in [0.717, 1.165) is 30.0 Å². The van der Waals surface area contributed by atoms with Crippen LogP contribution in [-0.4, -0.2) is 27.4 Å². The summed E-state index contributed by atoms with van der Waals surface area (Å²) >= 11 is 12.3. The molecule has 0 aliphatic carbocycles. The van der Waals surface area contributed by atoms with E-state index in [-0.39, 0.29) is 0 Å². The van der Waals surface area contributed by atoms with Crippen molar-refractivity contribution in [3.8, 4) is 17.2 Å². The van der Waals surface area contributed by atoms with Gasteiger partial charge < -0.3 is 19.5 Å². The van der Waals surface area contributed by atoms with Gasteiger partial charge in [-0.25, -0.2) is 0 Å². The summed E-state index contributed by atoms with van der Waals surface area (Å²) in [5.41, 5.74) is 2.12. The first-order valence-corrected chi connectivity index (χ1v) is 8.87. The Morgan fingerprint density at radius 3 is 2.44 bits per heavy atom. The van der Waals surface area contributed by atoms with E-state index >= 15 is 0 Å².